The van der Waals surface area contributed by atoms with Crippen molar-refractivity contribution in [3.05, 3.63) is 40.3 Å². The lowest BCUT2D eigenvalue weighted by Crippen LogP contribution is -2.16. The molecule has 130 valence electrons. The maximum atomic E-state index is 11.6. The molecule has 2 atom stereocenters. The van der Waals surface area contributed by atoms with E-state index in [0.29, 0.717) is 17.2 Å². The minimum absolute atomic E-state index is 0.0544. The largest absolute Gasteiger partial charge is 0.366 e. The van der Waals surface area contributed by atoms with Crippen molar-refractivity contribution in [1.29, 1.82) is 0 Å². The summed E-state index contributed by atoms with van der Waals surface area (Å²) in [5.74, 6) is 1.70. The highest BCUT2D eigenvalue weighted by Gasteiger charge is 2.28. The third kappa shape index (κ3) is 3.08. The number of aromatic amines is 3. The van der Waals surface area contributed by atoms with Crippen LogP contribution in [0.2, 0.25) is 0 Å². The summed E-state index contributed by atoms with van der Waals surface area (Å²) in [5.41, 5.74) is 2.10. The lowest BCUT2D eigenvalue weighted by molar-refractivity contribution is 0.751. The van der Waals surface area contributed by atoms with Gasteiger partial charge in [-0.15, -0.1) is 11.8 Å². The van der Waals surface area contributed by atoms with Crippen LogP contribution in [-0.4, -0.2) is 31.7 Å². The molecule has 4 N–H and O–H groups in total. The molecule has 2 aromatic heterocycles. The van der Waals surface area contributed by atoms with Crippen LogP contribution in [-0.2, 0) is 0 Å². The second-order valence-corrected chi connectivity index (χ2v) is 8.54. The fourth-order valence-electron chi connectivity index (χ4n) is 3.68. The molecule has 2 aliphatic carbocycles. The highest BCUT2D eigenvalue weighted by atomic mass is 32.2. The van der Waals surface area contributed by atoms with Crippen LogP contribution in [0.1, 0.15) is 43.7 Å². The van der Waals surface area contributed by atoms with Crippen molar-refractivity contribution < 1.29 is 0 Å². The number of benzene rings is 1. The Morgan fingerprint density at radius 2 is 2.04 bits per heavy atom. The number of hydrogen-bond donors (Lipinski definition) is 4. The molecule has 2 heterocycles. The molecule has 3 aromatic rings. The normalized spacial score (nSPS) is 23.4. The summed E-state index contributed by atoms with van der Waals surface area (Å²) in [7, 11) is 0. The first-order valence-corrected chi connectivity index (χ1v) is 9.81. The molecule has 0 radical (unpaired) electrons. The van der Waals surface area contributed by atoms with Gasteiger partial charge < -0.3 is 5.32 Å². The van der Waals surface area contributed by atoms with E-state index in [0.717, 1.165) is 23.1 Å². The van der Waals surface area contributed by atoms with Gasteiger partial charge >= 0.3 is 0 Å². The number of H-pyrrole nitrogens is 3. The molecule has 6 nitrogen and oxygen atoms in total. The van der Waals surface area contributed by atoms with E-state index in [1.165, 1.54) is 36.3 Å². The van der Waals surface area contributed by atoms with E-state index >= 15 is 0 Å². The predicted molar refractivity (Wildman–Crippen MR) is 100 cm³/mol. The molecule has 2 saturated carbocycles. The molecule has 5 rings (SSSR count). The third-order valence-corrected chi connectivity index (χ3v) is 6.49. The predicted octanol–water partition coefficient (Wildman–Crippen LogP) is 3.58. The van der Waals surface area contributed by atoms with Crippen molar-refractivity contribution in [3.8, 4) is 0 Å². The molecule has 25 heavy (non-hydrogen) atoms. The van der Waals surface area contributed by atoms with Crippen molar-refractivity contribution in [2.24, 2.45) is 0 Å². The van der Waals surface area contributed by atoms with Crippen molar-refractivity contribution in [2.45, 2.75) is 54.2 Å². The minimum atomic E-state index is -0.0544. The van der Waals surface area contributed by atoms with Crippen molar-refractivity contribution in [1.82, 2.24) is 20.4 Å². The number of thioether (sulfide) groups is 1. The Labute approximate surface area is 149 Å². The SMILES string of the molecule is O=c1[nH][nH]c2cc(SC3CCC(Nc4cc(C5CC5)[nH]n4)C3)ccc12. The zero-order valence-corrected chi connectivity index (χ0v) is 14.7. The summed E-state index contributed by atoms with van der Waals surface area (Å²) in [6, 6.07) is 8.68. The van der Waals surface area contributed by atoms with Crippen LogP contribution >= 0.6 is 11.8 Å². The Morgan fingerprint density at radius 3 is 2.92 bits per heavy atom. The number of aromatic nitrogens is 4. The van der Waals surface area contributed by atoms with Gasteiger partial charge in [-0.1, -0.05) is 0 Å². The van der Waals surface area contributed by atoms with Gasteiger partial charge in [0.2, 0.25) is 0 Å². The monoisotopic (exact) mass is 355 g/mol. The Balaban J connectivity index is 1.21. The van der Waals surface area contributed by atoms with Crippen LogP contribution in [0.4, 0.5) is 5.82 Å². The zero-order chi connectivity index (χ0) is 16.8. The number of nitrogens with zero attached hydrogens (tertiary/aromatic N) is 1. The minimum Gasteiger partial charge on any atom is -0.366 e. The van der Waals surface area contributed by atoms with E-state index in [1.54, 1.807) is 0 Å². The van der Waals surface area contributed by atoms with Crippen LogP contribution in [0.15, 0.2) is 34.0 Å². The second kappa shape index (κ2) is 5.98. The molecule has 0 aliphatic heterocycles. The molecule has 2 fully saturated rings. The molecule has 1 aromatic carbocycles. The molecular weight excluding hydrogens is 334 g/mol. The maximum Gasteiger partial charge on any atom is 0.271 e. The van der Waals surface area contributed by atoms with Gasteiger partial charge in [-0.25, -0.2) is 0 Å². The first-order chi connectivity index (χ1) is 12.2. The highest BCUT2D eigenvalue weighted by Crippen LogP contribution is 2.40. The fourth-order valence-corrected chi connectivity index (χ4v) is 4.98. The third-order valence-electron chi connectivity index (χ3n) is 5.20. The van der Waals surface area contributed by atoms with E-state index < -0.39 is 0 Å². The summed E-state index contributed by atoms with van der Waals surface area (Å²) >= 11 is 1.91. The van der Waals surface area contributed by atoms with E-state index in [2.05, 4.69) is 37.8 Å². The van der Waals surface area contributed by atoms with Gasteiger partial charge in [-0.3, -0.25) is 20.1 Å². The van der Waals surface area contributed by atoms with Crippen molar-refractivity contribution in [3.63, 3.8) is 0 Å². The van der Waals surface area contributed by atoms with Crippen LogP contribution in [0.5, 0.6) is 0 Å². The Hall–Kier alpha value is -2.15. The van der Waals surface area contributed by atoms with E-state index in [-0.39, 0.29) is 5.56 Å². The average molecular weight is 355 g/mol. The lowest BCUT2D eigenvalue weighted by Gasteiger charge is -2.12. The number of fused-ring (bicyclic) bond motifs is 1. The summed E-state index contributed by atoms with van der Waals surface area (Å²) < 4.78 is 0. The van der Waals surface area contributed by atoms with E-state index in [1.807, 2.05) is 23.9 Å². The standard InChI is InChI=1S/C18H21N5OS/c24-18-14-6-5-13(8-16(14)21-23-18)25-12-4-3-11(7-12)19-17-9-15(20-22-17)10-1-2-10/h5-6,8-12H,1-4,7H2,(H2,19,20,22)(H2,21,23,24). The zero-order valence-electron chi connectivity index (χ0n) is 13.8. The fraction of sp³-hybridized carbons (Fsp3) is 0.444. The lowest BCUT2D eigenvalue weighted by atomic mass is 10.2. The molecule has 0 spiro atoms. The summed E-state index contributed by atoms with van der Waals surface area (Å²) in [6.45, 7) is 0. The van der Waals surface area contributed by atoms with Crippen LogP contribution in [0, 0.1) is 0 Å². The molecule has 2 aliphatic rings. The van der Waals surface area contributed by atoms with Crippen LogP contribution in [0.3, 0.4) is 0 Å². The topological polar surface area (TPSA) is 89.4 Å². The summed E-state index contributed by atoms with van der Waals surface area (Å²) in [6.07, 6.45) is 6.09. The molecule has 2 unspecified atom stereocenters. The summed E-state index contributed by atoms with van der Waals surface area (Å²) in [4.78, 5) is 12.8. The van der Waals surface area contributed by atoms with E-state index in [9.17, 15) is 4.79 Å². The van der Waals surface area contributed by atoms with Crippen molar-refractivity contribution >= 4 is 28.5 Å². The van der Waals surface area contributed by atoms with E-state index in [4.69, 9.17) is 0 Å². The molecule has 0 bridgehead atoms. The van der Waals surface area contributed by atoms with Gasteiger partial charge in [0, 0.05) is 33.9 Å². The Kier molecular flexibility index (Phi) is 3.62. The highest BCUT2D eigenvalue weighted by molar-refractivity contribution is 8.00. The van der Waals surface area contributed by atoms with Crippen molar-refractivity contribution in [2.75, 3.05) is 5.32 Å². The second-order valence-electron chi connectivity index (χ2n) is 7.16. The molecule has 7 heteroatoms. The van der Waals surface area contributed by atoms with Gasteiger partial charge in [-0.2, -0.15) is 5.10 Å². The molecular formula is C18H21N5OS. The first kappa shape index (κ1) is 15.1. The van der Waals surface area contributed by atoms with Crippen LogP contribution < -0.4 is 10.9 Å². The maximum absolute atomic E-state index is 11.6. The molecule has 0 amide bonds. The number of hydrogen-bond acceptors (Lipinski definition) is 4. The summed E-state index contributed by atoms with van der Waals surface area (Å²) in [5, 5.41) is 18.0. The first-order valence-electron chi connectivity index (χ1n) is 8.93. The van der Waals surface area contributed by atoms with Gasteiger partial charge in [0.15, 0.2) is 0 Å². The Morgan fingerprint density at radius 1 is 1.12 bits per heavy atom. The van der Waals surface area contributed by atoms with Gasteiger partial charge in [0.05, 0.1) is 10.9 Å². The number of anilines is 1. The van der Waals surface area contributed by atoms with Crippen LogP contribution in [0.25, 0.3) is 10.9 Å². The van der Waals surface area contributed by atoms with Gasteiger partial charge in [0.1, 0.15) is 5.82 Å². The quantitative estimate of drug-likeness (QED) is 0.563. The average Bonchev–Trinajstić information content (AvgIpc) is 3.02. The Bertz CT molecular complexity index is 954. The van der Waals surface area contributed by atoms with Gasteiger partial charge in [-0.05, 0) is 50.3 Å². The number of nitrogens with one attached hydrogen (secondary N) is 4. The number of rotatable bonds is 5. The van der Waals surface area contributed by atoms with Gasteiger partial charge in [0.25, 0.3) is 5.56 Å². The molecule has 0 saturated heterocycles. The smallest absolute Gasteiger partial charge is 0.271 e.